The van der Waals surface area contributed by atoms with Crippen molar-refractivity contribution in [3.8, 4) is 5.75 Å². The number of nitrogens with zero attached hydrogens (tertiary/aromatic N) is 3. The summed E-state index contributed by atoms with van der Waals surface area (Å²) < 4.78 is 7.67. The van der Waals surface area contributed by atoms with Gasteiger partial charge in [-0.3, -0.25) is 9.80 Å². The van der Waals surface area contributed by atoms with E-state index < -0.39 is 0 Å². The Labute approximate surface area is 179 Å². The average Bonchev–Trinajstić information content (AvgIpc) is 2.90. The number of hydrogen-bond acceptors (Lipinski definition) is 4. The van der Waals surface area contributed by atoms with Gasteiger partial charge < -0.3 is 4.74 Å². The maximum Gasteiger partial charge on any atom is 0.212 e. The summed E-state index contributed by atoms with van der Waals surface area (Å²) in [6, 6.07) is 12.5. The number of anilines is 1. The van der Waals surface area contributed by atoms with Gasteiger partial charge in [0, 0.05) is 18.7 Å². The second-order valence-corrected chi connectivity index (χ2v) is 8.56. The zero-order valence-corrected chi connectivity index (χ0v) is 19.1. The second kappa shape index (κ2) is 8.42. The van der Waals surface area contributed by atoms with Gasteiger partial charge in [-0.15, -0.1) is 0 Å². The predicted molar refractivity (Wildman–Crippen MR) is 124 cm³/mol. The highest BCUT2D eigenvalue weighted by Crippen LogP contribution is 2.41. The van der Waals surface area contributed by atoms with Crippen molar-refractivity contribution in [3.63, 3.8) is 0 Å². The number of methoxy groups -OCH3 is 1. The van der Waals surface area contributed by atoms with Crippen LogP contribution in [0.15, 0.2) is 41.5 Å². The first kappa shape index (κ1) is 21.8. The largest absolute Gasteiger partial charge is 0.497 e. The van der Waals surface area contributed by atoms with E-state index in [-0.39, 0.29) is 11.2 Å². The summed E-state index contributed by atoms with van der Waals surface area (Å²) in [5, 5.41) is 6.69. The fourth-order valence-electron chi connectivity index (χ4n) is 4.10. The topological polar surface area (TPSA) is 44.9 Å². The van der Waals surface area contributed by atoms with E-state index in [0.29, 0.717) is 13.0 Å². The molecule has 0 spiro atoms. The van der Waals surface area contributed by atoms with Gasteiger partial charge in [0.25, 0.3) is 0 Å². The molecule has 1 aliphatic rings. The summed E-state index contributed by atoms with van der Waals surface area (Å²) in [5.74, 6) is 1.01. The van der Waals surface area contributed by atoms with Crippen molar-refractivity contribution in [2.75, 3.05) is 25.7 Å². The van der Waals surface area contributed by atoms with Gasteiger partial charge >= 0.3 is 0 Å². The van der Waals surface area contributed by atoms with Crippen LogP contribution in [-0.4, -0.2) is 43.0 Å². The van der Waals surface area contributed by atoms with Crippen LogP contribution in [0.4, 0.5) is 11.4 Å². The lowest BCUT2D eigenvalue weighted by Crippen LogP contribution is -2.32. The number of carbonyl (C=O) groups excluding carboxylic acids is 1. The number of ether oxygens (including phenoxy) is 1. The third-order valence-electron chi connectivity index (χ3n) is 5.84. The Balaban J connectivity index is 2.02. The summed E-state index contributed by atoms with van der Waals surface area (Å²) in [5.41, 5.74) is 6.60. The van der Waals surface area contributed by atoms with Crippen LogP contribution < -0.4 is 9.75 Å². The van der Waals surface area contributed by atoms with Crippen LogP contribution in [0.5, 0.6) is 5.75 Å². The zero-order chi connectivity index (χ0) is 22.1. The molecule has 0 N–H and O–H groups in total. The van der Waals surface area contributed by atoms with Gasteiger partial charge in [0.15, 0.2) is 6.54 Å². The fourth-order valence-corrected chi connectivity index (χ4v) is 4.10. The SMILES string of the molecule is COc1ccc2c(c1)C(C)(C)C(/C=N/N(C)c1ccc(C)cc1C)=[N+]2CCC(C)=O. The highest BCUT2D eigenvalue weighted by Gasteiger charge is 2.45. The van der Waals surface area contributed by atoms with Crippen LogP contribution >= 0.6 is 0 Å². The summed E-state index contributed by atoms with van der Waals surface area (Å²) in [7, 11) is 3.65. The number of Topliss-reactive ketones (excluding diaryl/α,β-unsaturated/α-hetero) is 1. The highest BCUT2D eigenvalue weighted by molar-refractivity contribution is 6.33. The molecule has 0 atom stereocenters. The van der Waals surface area contributed by atoms with E-state index in [1.807, 2.05) is 24.3 Å². The first-order valence-corrected chi connectivity index (χ1v) is 10.3. The van der Waals surface area contributed by atoms with Crippen molar-refractivity contribution in [1.82, 2.24) is 0 Å². The van der Waals surface area contributed by atoms with E-state index in [1.165, 1.54) is 16.7 Å². The minimum Gasteiger partial charge on any atom is -0.497 e. The van der Waals surface area contributed by atoms with Crippen LogP contribution in [-0.2, 0) is 10.2 Å². The minimum absolute atomic E-state index is 0.179. The Morgan fingerprint density at radius 1 is 1.20 bits per heavy atom. The number of benzene rings is 2. The Morgan fingerprint density at radius 2 is 1.93 bits per heavy atom. The van der Waals surface area contributed by atoms with Gasteiger partial charge in [0.1, 0.15) is 17.7 Å². The molecule has 2 aromatic carbocycles. The number of hydrogen-bond donors (Lipinski definition) is 0. The molecule has 0 saturated heterocycles. The smallest absolute Gasteiger partial charge is 0.212 e. The number of hydrazone groups is 1. The molecule has 30 heavy (non-hydrogen) atoms. The maximum absolute atomic E-state index is 11.7. The van der Waals surface area contributed by atoms with Crippen molar-refractivity contribution in [2.45, 2.75) is 46.5 Å². The van der Waals surface area contributed by atoms with Crippen molar-refractivity contribution < 1.29 is 14.1 Å². The first-order valence-electron chi connectivity index (χ1n) is 10.3. The van der Waals surface area contributed by atoms with E-state index in [9.17, 15) is 4.79 Å². The first-order chi connectivity index (χ1) is 14.1. The lowest BCUT2D eigenvalue weighted by molar-refractivity contribution is -0.435. The normalized spacial score (nSPS) is 14.9. The van der Waals surface area contributed by atoms with E-state index in [1.54, 1.807) is 14.0 Å². The molecule has 0 fully saturated rings. The molecule has 5 heteroatoms. The van der Waals surface area contributed by atoms with E-state index in [4.69, 9.17) is 9.84 Å². The Kier molecular flexibility index (Phi) is 6.11. The molecular weight excluding hydrogens is 374 g/mol. The molecule has 0 saturated carbocycles. The van der Waals surface area contributed by atoms with Crippen molar-refractivity contribution in [2.24, 2.45) is 5.10 Å². The Bertz CT molecular complexity index is 1030. The van der Waals surface area contributed by atoms with Crippen LogP contribution in [0.25, 0.3) is 0 Å². The molecule has 1 heterocycles. The number of ketones is 1. The number of carbonyl (C=O) groups is 1. The summed E-state index contributed by atoms with van der Waals surface area (Å²) in [6.07, 6.45) is 2.43. The molecule has 1 aliphatic heterocycles. The van der Waals surface area contributed by atoms with Crippen molar-refractivity contribution >= 4 is 29.1 Å². The van der Waals surface area contributed by atoms with Crippen molar-refractivity contribution in [3.05, 3.63) is 53.1 Å². The molecule has 0 aromatic heterocycles. The Hall–Kier alpha value is -2.95. The standard InChI is InChI=1S/C25H32N3O2/c1-17-8-10-22(18(2)14-17)27(6)26-16-24-25(4,5)21-15-20(30-7)9-11-23(21)28(24)13-12-19(3)29/h8-11,14-16H,12-13H2,1-7H3/q+1. The fraction of sp³-hybridized carbons (Fsp3) is 0.400. The number of aryl methyl sites for hydroxylation is 2. The molecule has 158 valence electrons. The van der Waals surface area contributed by atoms with Crippen LogP contribution in [0.2, 0.25) is 0 Å². The van der Waals surface area contributed by atoms with Gasteiger partial charge in [0.05, 0.1) is 24.6 Å². The molecular formula is C25H32N3O2+. The van der Waals surface area contributed by atoms with E-state index >= 15 is 0 Å². The van der Waals surface area contributed by atoms with E-state index in [2.05, 4.69) is 62.6 Å². The molecule has 0 radical (unpaired) electrons. The summed E-state index contributed by atoms with van der Waals surface area (Å²) >= 11 is 0. The van der Waals surface area contributed by atoms with Crippen LogP contribution in [0.3, 0.4) is 0 Å². The second-order valence-electron chi connectivity index (χ2n) is 8.56. The third-order valence-corrected chi connectivity index (χ3v) is 5.84. The molecule has 0 bridgehead atoms. The lowest BCUT2D eigenvalue weighted by Gasteiger charge is -2.18. The summed E-state index contributed by atoms with van der Waals surface area (Å²) in [6.45, 7) is 10.8. The molecule has 0 amide bonds. The number of fused-ring (bicyclic) bond motifs is 1. The van der Waals surface area contributed by atoms with Gasteiger partial charge in [-0.1, -0.05) is 17.7 Å². The van der Waals surface area contributed by atoms with Crippen LogP contribution in [0, 0.1) is 13.8 Å². The summed E-state index contributed by atoms with van der Waals surface area (Å²) in [4.78, 5) is 11.7. The highest BCUT2D eigenvalue weighted by atomic mass is 16.5. The van der Waals surface area contributed by atoms with Gasteiger partial charge in [0.2, 0.25) is 11.4 Å². The van der Waals surface area contributed by atoms with Gasteiger partial charge in [-0.05, 0) is 58.4 Å². The van der Waals surface area contributed by atoms with Crippen LogP contribution in [0.1, 0.15) is 43.9 Å². The van der Waals surface area contributed by atoms with E-state index in [0.717, 1.165) is 22.8 Å². The Morgan fingerprint density at radius 3 is 2.57 bits per heavy atom. The quantitative estimate of drug-likeness (QED) is 0.377. The maximum atomic E-state index is 11.7. The molecule has 3 rings (SSSR count). The van der Waals surface area contributed by atoms with Gasteiger partial charge in [-0.2, -0.15) is 9.68 Å². The number of rotatable bonds is 7. The average molecular weight is 407 g/mol. The molecule has 0 unspecified atom stereocenters. The predicted octanol–water partition coefficient (Wildman–Crippen LogP) is 4.79. The monoisotopic (exact) mass is 406 g/mol. The molecule has 2 aromatic rings. The third kappa shape index (κ3) is 4.16. The zero-order valence-electron chi connectivity index (χ0n) is 19.1. The molecule has 0 aliphatic carbocycles. The van der Waals surface area contributed by atoms with Gasteiger partial charge in [-0.25, -0.2) is 0 Å². The lowest BCUT2D eigenvalue weighted by atomic mass is 9.82. The molecule has 5 nitrogen and oxygen atoms in total. The minimum atomic E-state index is -0.257. The van der Waals surface area contributed by atoms with Crippen molar-refractivity contribution in [1.29, 1.82) is 0 Å².